The van der Waals surface area contributed by atoms with Crippen LogP contribution in [0.15, 0.2) is 39.4 Å². The van der Waals surface area contributed by atoms with Gasteiger partial charge in [-0.05, 0) is 30.0 Å². The summed E-state index contributed by atoms with van der Waals surface area (Å²) in [4.78, 5) is 22.8. The molecule has 6 nitrogen and oxygen atoms in total. The van der Waals surface area contributed by atoms with Crippen LogP contribution in [-0.2, 0) is 14.3 Å². The first kappa shape index (κ1) is 16.5. The van der Waals surface area contributed by atoms with E-state index in [-0.39, 0.29) is 10.1 Å². The van der Waals surface area contributed by atoms with Crippen molar-refractivity contribution in [3.8, 4) is 12.3 Å². The topological polar surface area (TPSA) is 80.1 Å². The molecule has 0 aliphatic carbocycles. The molecular formula is C15H10FN3O3S. The van der Waals surface area contributed by atoms with E-state index in [1.165, 1.54) is 31.5 Å². The van der Waals surface area contributed by atoms with E-state index < -0.39 is 17.7 Å². The lowest BCUT2D eigenvalue weighted by Crippen LogP contribution is -2.19. The van der Waals surface area contributed by atoms with E-state index in [0.717, 1.165) is 17.8 Å². The summed E-state index contributed by atoms with van der Waals surface area (Å²) in [5.74, 6) is 0.818. The minimum absolute atomic E-state index is 0.140. The van der Waals surface area contributed by atoms with Crippen molar-refractivity contribution < 1.29 is 18.7 Å². The van der Waals surface area contributed by atoms with Crippen LogP contribution in [0.3, 0.4) is 0 Å². The highest BCUT2D eigenvalue weighted by Crippen LogP contribution is 2.23. The fourth-order valence-corrected chi connectivity index (χ4v) is 2.30. The molecule has 0 atom stereocenters. The molecule has 0 unspecified atom stereocenters. The molecule has 1 aromatic carbocycles. The quantitative estimate of drug-likeness (QED) is 0.299. The highest BCUT2D eigenvalue weighted by molar-refractivity contribution is 8.18. The number of hydrogen-bond acceptors (Lipinski definition) is 6. The van der Waals surface area contributed by atoms with Crippen molar-refractivity contribution in [1.82, 2.24) is 5.32 Å². The first-order chi connectivity index (χ1) is 11.0. The number of terminal acetylenes is 1. The Kier molecular flexibility index (Phi) is 5.28. The molecule has 1 heterocycles. The van der Waals surface area contributed by atoms with Crippen LogP contribution in [0.4, 0.5) is 4.39 Å². The largest absolute Gasteiger partial charge is 0.466 e. The number of benzene rings is 1. The summed E-state index contributed by atoms with van der Waals surface area (Å²) in [6.07, 6.45) is 7.64. The van der Waals surface area contributed by atoms with Crippen LogP contribution in [0, 0.1) is 18.2 Å². The van der Waals surface area contributed by atoms with E-state index in [1.54, 1.807) is 0 Å². The summed E-state index contributed by atoms with van der Waals surface area (Å²) >= 11 is 0.932. The fraction of sp³-hybridized carbons (Fsp3) is 0.0667. The van der Waals surface area contributed by atoms with Crippen LogP contribution in [0.5, 0.6) is 0 Å². The summed E-state index contributed by atoms with van der Waals surface area (Å²) in [7, 11) is 1.21. The lowest BCUT2D eigenvalue weighted by Gasteiger charge is -1.97. The standard InChI is InChI=1S/C15H10FN3O3S/c1-3-9-4-5-11(16)6-10(9)8-17-19-15-18-14(21)12(23-15)7-13(20)22-2/h1,4-8H,2H3,(H,18,19,21)/b12-7+,17-8?. The van der Waals surface area contributed by atoms with Gasteiger partial charge in [-0.1, -0.05) is 5.92 Å². The van der Waals surface area contributed by atoms with Crippen molar-refractivity contribution in [3.63, 3.8) is 0 Å². The molecule has 1 aliphatic heterocycles. The molecule has 1 aliphatic rings. The van der Waals surface area contributed by atoms with Crippen molar-refractivity contribution in [2.45, 2.75) is 0 Å². The third kappa shape index (κ3) is 4.28. The van der Waals surface area contributed by atoms with E-state index in [2.05, 4.69) is 26.2 Å². The predicted octanol–water partition coefficient (Wildman–Crippen LogP) is 1.42. The van der Waals surface area contributed by atoms with E-state index in [1.807, 2.05) is 0 Å². The SMILES string of the molecule is C#Cc1ccc(F)cc1C=N/N=C1/NC(=O)/C(=C\C(=O)OC)S1. The average molecular weight is 331 g/mol. The van der Waals surface area contributed by atoms with Gasteiger partial charge in [0.2, 0.25) is 0 Å². The van der Waals surface area contributed by atoms with E-state index >= 15 is 0 Å². The molecule has 8 heteroatoms. The number of halogens is 1. The van der Waals surface area contributed by atoms with Crippen molar-refractivity contribution in [1.29, 1.82) is 0 Å². The number of carbonyl (C=O) groups excluding carboxylic acids is 2. The second kappa shape index (κ2) is 7.38. The Morgan fingerprint density at radius 1 is 1.52 bits per heavy atom. The van der Waals surface area contributed by atoms with Crippen molar-refractivity contribution in [2.75, 3.05) is 7.11 Å². The molecule has 1 saturated heterocycles. The molecular weight excluding hydrogens is 321 g/mol. The minimum atomic E-state index is -0.647. The van der Waals surface area contributed by atoms with Gasteiger partial charge in [-0.15, -0.1) is 11.5 Å². The molecule has 23 heavy (non-hydrogen) atoms. The van der Waals surface area contributed by atoms with Gasteiger partial charge in [0.15, 0.2) is 5.17 Å². The Balaban J connectivity index is 2.15. The number of methoxy groups -OCH3 is 1. The molecule has 0 aromatic heterocycles. The highest BCUT2D eigenvalue weighted by atomic mass is 32.2. The maximum atomic E-state index is 13.2. The summed E-state index contributed by atoms with van der Waals surface area (Å²) < 4.78 is 17.6. The number of esters is 1. The lowest BCUT2D eigenvalue weighted by atomic mass is 10.1. The molecule has 0 saturated carbocycles. The Hall–Kier alpha value is -2.92. The Morgan fingerprint density at radius 3 is 3.00 bits per heavy atom. The molecule has 0 spiro atoms. The van der Waals surface area contributed by atoms with Crippen LogP contribution < -0.4 is 5.32 Å². The van der Waals surface area contributed by atoms with Gasteiger partial charge >= 0.3 is 5.97 Å². The first-order valence-electron chi connectivity index (χ1n) is 6.19. The molecule has 0 radical (unpaired) electrons. The zero-order valence-corrected chi connectivity index (χ0v) is 12.7. The maximum Gasteiger partial charge on any atom is 0.331 e. The molecule has 0 bridgehead atoms. The number of thioether (sulfide) groups is 1. The highest BCUT2D eigenvalue weighted by Gasteiger charge is 2.24. The molecule has 1 fully saturated rings. The van der Waals surface area contributed by atoms with Crippen molar-refractivity contribution >= 4 is 35.0 Å². The molecule has 2 rings (SSSR count). The zero-order chi connectivity index (χ0) is 16.8. The van der Waals surface area contributed by atoms with Gasteiger partial charge in [-0.2, -0.15) is 5.10 Å². The Bertz CT molecular complexity index is 794. The van der Waals surface area contributed by atoms with E-state index in [4.69, 9.17) is 6.42 Å². The van der Waals surface area contributed by atoms with Crippen LogP contribution in [0.2, 0.25) is 0 Å². The number of ether oxygens (including phenoxy) is 1. The number of nitrogens with one attached hydrogen (secondary N) is 1. The first-order valence-corrected chi connectivity index (χ1v) is 7.01. The van der Waals surface area contributed by atoms with Crippen LogP contribution in [0.1, 0.15) is 11.1 Å². The third-order valence-electron chi connectivity index (χ3n) is 2.62. The van der Waals surface area contributed by atoms with E-state index in [9.17, 15) is 14.0 Å². The van der Waals surface area contributed by atoms with Gasteiger partial charge in [0, 0.05) is 17.2 Å². The number of amidine groups is 1. The number of nitrogens with zero attached hydrogens (tertiary/aromatic N) is 2. The summed E-state index contributed by atoms with van der Waals surface area (Å²) in [6, 6.07) is 3.92. The summed E-state index contributed by atoms with van der Waals surface area (Å²) in [6.45, 7) is 0. The minimum Gasteiger partial charge on any atom is -0.466 e. The van der Waals surface area contributed by atoms with Gasteiger partial charge < -0.3 is 4.74 Å². The normalized spacial score (nSPS) is 17.5. The zero-order valence-electron chi connectivity index (χ0n) is 11.9. The molecule has 116 valence electrons. The van der Waals surface area contributed by atoms with Crippen LogP contribution in [-0.4, -0.2) is 30.4 Å². The fourth-order valence-electron chi connectivity index (χ4n) is 1.56. The van der Waals surface area contributed by atoms with Gasteiger partial charge in [0.25, 0.3) is 5.91 Å². The van der Waals surface area contributed by atoms with Gasteiger partial charge in [0.05, 0.1) is 18.2 Å². The number of hydrogen-bond donors (Lipinski definition) is 1. The van der Waals surface area contributed by atoms with E-state index in [0.29, 0.717) is 11.1 Å². The van der Waals surface area contributed by atoms with Crippen LogP contribution in [0.25, 0.3) is 0 Å². The number of amides is 1. The van der Waals surface area contributed by atoms with Gasteiger partial charge in [0.1, 0.15) is 5.82 Å². The molecule has 1 aromatic rings. The number of rotatable bonds is 3. The smallest absolute Gasteiger partial charge is 0.331 e. The van der Waals surface area contributed by atoms with Gasteiger partial charge in [-0.25, -0.2) is 9.18 Å². The van der Waals surface area contributed by atoms with Crippen molar-refractivity contribution in [3.05, 3.63) is 46.1 Å². The van der Waals surface area contributed by atoms with Crippen LogP contribution >= 0.6 is 11.8 Å². The monoisotopic (exact) mass is 331 g/mol. The maximum absolute atomic E-state index is 13.2. The number of carbonyl (C=O) groups is 2. The Labute approximate surface area is 135 Å². The molecule has 1 amide bonds. The lowest BCUT2D eigenvalue weighted by molar-refractivity contribution is -0.135. The predicted molar refractivity (Wildman–Crippen MR) is 85.2 cm³/mol. The van der Waals surface area contributed by atoms with Gasteiger partial charge in [-0.3, -0.25) is 10.1 Å². The summed E-state index contributed by atoms with van der Waals surface area (Å²) in [5, 5.41) is 10.2. The third-order valence-corrected chi connectivity index (χ3v) is 3.52. The average Bonchev–Trinajstić information content (AvgIpc) is 2.87. The molecule has 1 N–H and O–H groups in total. The summed E-state index contributed by atoms with van der Waals surface area (Å²) in [5.41, 5.74) is 0.848. The second-order valence-electron chi connectivity index (χ2n) is 4.11. The Morgan fingerprint density at radius 2 is 2.30 bits per heavy atom. The second-order valence-corrected chi connectivity index (χ2v) is 5.14. The van der Waals surface area contributed by atoms with Crippen molar-refractivity contribution in [2.24, 2.45) is 10.2 Å².